The first-order valence-electron chi connectivity index (χ1n) is 8.76. The molecule has 8 heteroatoms. The fraction of sp³-hybridized carbons (Fsp3) is 0.579. The number of hydrogen-bond donors (Lipinski definition) is 3. The predicted molar refractivity (Wildman–Crippen MR) is 126 cm³/mol. The number of methoxy groups -OCH3 is 1. The first-order valence-corrected chi connectivity index (χ1v) is 9.75. The number of carbonyl (C=O) groups excluding carboxylic acids is 1. The van der Waals surface area contributed by atoms with Gasteiger partial charge in [0, 0.05) is 29.8 Å². The summed E-state index contributed by atoms with van der Waals surface area (Å²) < 4.78 is 5.38. The van der Waals surface area contributed by atoms with Crippen molar-refractivity contribution in [1.29, 1.82) is 0 Å². The summed E-state index contributed by atoms with van der Waals surface area (Å²) in [6.07, 6.45) is 0. The lowest BCUT2D eigenvalue weighted by Gasteiger charge is -2.21. The van der Waals surface area contributed by atoms with Gasteiger partial charge in [-0.25, -0.2) is 0 Å². The minimum atomic E-state index is -0.236. The van der Waals surface area contributed by atoms with Crippen LogP contribution in [0.3, 0.4) is 0 Å². The van der Waals surface area contributed by atoms with Crippen LogP contribution in [0.4, 0.5) is 0 Å². The molecular weight excluding hydrogens is 475 g/mol. The van der Waals surface area contributed by atoms with Crippen LogP contribution in [0.25, 0.3) is 0 Å². The van der Waals surface area contributed by atoms with Gasteiger partial charge in [0.25, 0.3) is 0 Å². The Labute approximate surface area is 184 Å². The zero-order chi connectivity index (χ0) is 19.6. The molecule has 6 nitrogen and oxygen atoms in total. The molecule has 1 unspecified atom stereocenters. The minimum absolute atomic E-state index is 0. The van der Waals surface area contributed by atoms with Crippen LogP contribution < -0.4 is 20.7 Å². The normalized spacial score (nSPS) is 12.6. The molecule has 1 aromatic rings. The van der Waals surface area contributed by atoms with E-state index in [1.807, 2.05) is 39.0 Å². The highest BCUT2D eigenvalue weighted by atomic mass is 127. The maximum atomic E-state index is 11.9. The van der Waals surface area contributed by atoms with Crippen LogP contribution in [-0.4, -0.2) is 50.4 Å². The van der Waals surface area contributed by atoms with Crippen LogP contribution in [-0.2, 0) is 4.79 Å². The van der Waals surface area contributed by atoms with Crippen LogP contribution >= 0.6 is 35.7 Å². The molecule has 0 radical (unpaired) electrons. The Morgan fingerprint density at radius 1 is 1.26 bits per heavy atom. The van der Waals surface area contributed by atoms with Gasteiger partial charge in [0.1, 0.15) is 5.75 Å². The molecule has 3 N–H and O–H groups in total. The molecule has 0 saturated carbocycles. The monoisotopic (exact) mass is 508 g/mol. The number of hydrogen-bond acceptors (Lipinski definition) is 4. The number of guanidine groups is 1. The third-order valence-corrected chi connectivity index (χ3v) is 4.75. The van der Waals surface area contributed by atoms with E-state index < -0.39 is 0 Å². The van der Waals surface area contributed by atoms with Gasteiger partial charge in [0.2, 0.25) is 5.91 Å². The molecule has 1 atom stereocenters. The molecule has 1 rings (SSSR count). The van der Waals surface area contributed by atoms with Crippen molar-refractivity contribution in [1.82, 2.24) is 16.0 Å². The number of benzene rings is 1. The second-order valence-corrected chi connectivity index (χ2v) is 8.23. The quantitative estimate of drug-likeness (QED) is 0.218. The van der Waals surface area contributed by atoms with Gasteiger partial charge in [-0.05, 0) is 38.8 Å². The second kappa shape index (κ2) is 13.1. The standard InChI is InChI=1S/C19H32N4O2S.HI/c1-14(13-26-16-10-8-7-9-15(16)25-6)11-21-18(20-5)22-12-17(24)23-19(2,3)4;/h7-10,14H,11-13H2,1-6H3,(H,23,24)(H2,20,21,22);1H. The van der Waals surface area contributed by atoms with Gasteiger partial charge in [0.05, 0.1) is 13.7 Å². The number of halogens is 1. The maximum absolute atomic E-state index is 11.9. The highest BCUT2D eigenvalue weighted by molar-refractivity contribution is 14.0. The molecule has 0 bridgehead atoms. The van der Waals surface area contributed by atoms with E-state index in [1.54, 1.807) is 25.9 Å². The molecule has 0 aliphatic rings. The number of thioether (sulfide) groups is 1. The Bertz CT molecular complexity index is 606. The fourth-order valence-corrected chi connectivity index (χ4v) is 3.20. The molecule has 154 valence electrons. The Balaban J connectivity index is 0.00000676. The van der Waals surface area contributed by atoms with Crippen molar-refractivity contribution >= 4 is 47.6 Å². The Morgan fingerprint density at radius 2 is 1.93 bits per heavy atom. The van der Waals surface area contributed by atoms with Crippen molar-refractivity contribution in [2.75, 3.05) is 33.0 Å². The van der Waals surface area contributed by atoms with E-state index >= 15 is 0 Å². The van der Waals surface area contributed by atoms with Gasteiger partial charge in [-0.15, -0.1) is 35.7 Å². The van der Waals surface area contributed by atoms with E-state index in [2.05, 4.69) is 33.9 Å². The van der Waals surface area contributed by atoms with E-state index in [0.717, 1.165) is 22.9 Å². The van der Waals surface area contributed by atoms with Gasteiger partial charge >= 0.3 is 0 Å². The van der Waals surface area contributed by atoms with Crippen LogP contribution in [0.1, 0.15) is 27.7 Å². The summed E-state index contributed by atoms with van der Waals surface area (Å²) in [5.74, 6) is 2.85. The molecule has 0 aliphatic carbocycles. The molecule has 1 aromatic carbocycles. The Morgan fingerprint density at radius 3 is 2.52 bits per heavy atom. The van der Waals surface area contributed by atoms with Crippen molar-refractivity contribution in [3.05, 3.63) is 24.3 Å². The summed E-state index contributed by atoms with van der Waals surface area (Å²) in [6, 6.07) is 8.03. The van der Waals surface area contributed by atoms with Gasteiger partial charge in [0.15, 0.2) is 5.96 Å². The number of para-hydroxylation sites is 1. The van der Waals surface area contributed by atoms with Gasteiger partial charge in [-0.2, -0.15) is 0 Å². The summed E-state index contributed by atoms with van der Waals surface area (Å²) in [5.41, 5.74) is -0.236. The van der Waals surface area contributed by atoms with E-state index in [0.29, 0.717) is 11.9 Å². The third kappa shape index (κ3) is 11.3. The Hall–Kier alpha value is -1.16. The summed E-state index contributed by atoms with van der Waals surface area (Å²) >= 11 is 1.77. The number of carbonyl (C=O) groups is 1. The predicted octanol–water partition coefficient (Wildman–Crippen LogP) is 3.12. The van der Waals surface area contributed by atoms with Crippen LogP contribution in [0.2, 0.25) is 0 Å². The highest BCUT2D eigenvalue weighted by Crippen LogP contribution is 2.29. The molecule has 0 aliphatic heterocycles. The van der Waals surface area contributed by atoms with Crippen LogP contribution in [0.15, 0.2) is 34.2 Å². The first kappa shape index (κ1) is 25.8. The summed E-state index contributed by atoms with van der Waals surface area (Å²) in [7, 11) is 3.39. The molecule has 0 aromatic heterocycles. The molecule has 27 heavy (non-hydrogen) atoms. The molecule has 0 spiro atoms. The van der Waals surface area contributed by atoms with Gasteiger partial charge < -0.3 is 20.7 Å². The fourth-order valence-electron chi connectivity index (χ4n) is 2.15. The van der Waals surface area contributed by atoms with E-state index in [1.165, 1.54) is 0 Å². The number of rotatable bonds is 8. The van der Waals surface area contributed by atoms with Crippen molar-refractivity contribution < 1.29 is 9.53 Å². The number of aliphatic imine (C=N–C) groups is 1. The third-order valence-electron chi connectivity index (χ3n) is 3.36. The minimum Gasteiger partial charge on any atom is -0.496 e. The SMILES string of the molecule is CN=C(NCC(=O)NC(C)(C)C)NCC(C)CSc1ccccc1OC.I. The molecular formula is C19H33IN4O2S. The first-order chi connectivity index (χ1) is 12.2. The molecule has 0 fully saturated rings. The van der Waals surface area contributed by atoms with E-state index in [4.69, 9.17) is 4.74 Å². The van der Waals surface area contributed by atoms with E-state index in [9.17, 15) is 4.79 Å². The average Bonchev–Trinajstić information content (AvgIpc) is 2.58. The van der Waals surface area contributed by atoms with Gasteiger partial charge in [-0.3, -0.25) is 9.79 Å². The van der Waals surface area contributed by atoms with Gasteiger partial charge in [-0.1, -0.05) is 19.1 Å². The Kier molecular flexibility index (Phi) is 12.5. The summed E-state index contributed by atoms with van der Waals surface area (Å²) in [5, 5.41) is 9.22. The largest absolute Gasteiger partial charge is 0.496 e. The summed E-state index contributed by atoms with van der Waals surface area (Å²) in [4.78, 5) is 17.2. The maximum Gasteiger partial charge on any atom is 0.239 e. The summed E-state index contributed by atoms with van der Waals surface area (Å²) in [6.45, 7) is 9.01. The molecule has 0 saturated heterocycles. The smallest absolute Gasteiger partial charge is 0.239 e. The average molecular weight is 508 g/mol. The lowest BCUT2D eigenvalue weighted by molar-refractivity contribution is -0.121. The number of nitrogens with one attached hydrogen (secondary N) is 3. The number of nitrogens with zero attached hydrogens (tertiary/aromatic N) is 1. The molecule has 0 heterocycles. The van der Waals surface area contributed by atoms with Crippen LogP contribution in [0.5, 0.6) is 5.75 Å². The van der Waals surface area contributed by atoms with Crippen molar-refractivity contribution in [2.45, 2.75) is 38.1 Å². The molecule has 1 amide bonds. The zero-order valence-electron chi connectivity index (χ0n) is 17.1. The zero-order valence-corrected chi connectivity index (χ0v) is 20.2. The van der Waals surface area contributed by atoms with Crippen molar-refractivity contribution in [3.63, 3.8) is 0 Å². The lowest BCUT2D eigenvalue weighted by atomic mass is 10.1. The van der Waals surface area contributed by atoms with Crippen LogP contribution in [0, 0.1) is 5.92 Å². The second-order valence-electron chi connectivity index (χ2n) is 7.17. The number of ether oxygens (including phenoxy) is 1. The highest BCUT2D eigenvalue weighted by Gasteiger charge is 2.14. The number of amides is 1. The van der Waals surface area contributed by atoms with Crippen molar-refractivity contribution in [3.8, 4) is 5.75 Å². The topological polar surface area (TPSA) is 74.8 Å². The van der Waals surface area contributed by atoms with E-state index in [-0.39, 0.29) is 42.0 Å². The van der Waals surface area contributed by atoms with Crippen molar-refractivity contribution in [2.24, 2.45) is 10.9 Å². The lowest BCUT2D eigenvalue weighted by Crippen LogP contribution is -2.48.